The van der Waals surface area contributed by atoms with Gasteiger partial charge in [-0.25, -0.2) is 4.57 Å². The van der Waals surface area contributed by atoms with Gasteiger partial charge >= 0.3 is 5.95 Å². The molecule has 1 unspecified atom stereocenters. The molecule has 1 aliphatic rings. The lowest BCUT2D eigenvalue weighted by molar-refractivity contribution is -0.396. The van der Waals surface area contributed by atoms with E-state index in [2.05, 4.69) is 9.88 Å². The van der Waals surface area contributed by atoms with E-state index in [4.69, 9.17) is 0 Å². The summed E-state index contributed by atoms with van der Waals surface area (Å²) in [7, 11) is 3.74. The Morgan fingerprint density at radius 2 is 2.33 bits per heavy atom. The van der Waals surface area contributed by atoms with Crippen LogP contribution in [0.5, 0.6) is 0 Å². The number of aromatic nitrogens is 2. The van der Waals surface area contributed by atoms with Gasteiger partial charge in [0.05, 0.1) is 13.1 Å². The zero-order valence-electron chi connectivity index (χ0n) is 8.88. The van der Waals surface area contributed by atoms with E-state index in [0.717, 1.165) is 25.1 Å². The molecule has 0 spiro atoms. The molecule has 0 bridgehead atoms. The predicted octanol–water partition coefficient (Wildman–Crippen LogP) is 1.09. The van der Waals surface area contributed by atoms with E-state index in [1.807, 2.05) is 7.05 Å². The minimum Gasteiger partial charge on any atom is -0.390 e. The summed E-state index contributed by atoms with van der Waals surface area (Å²) in [6.07, 6.45) is 3.80. The molecule has 6 heteroatoms. The molecular formula is C9H14N4O2. The van der Waals surface area contributed by atoms with Crippen molar-refractivity contribution in [3.05, 3.63) is 22.0 Å². The van der Waals surface area contributed by atoms with Crippen molar-refractivity contribution >= 4 is 5.95 Å². The topological polar surface area (TPSA) is 64.2 Å². The number of hydrogen-bond acceptors (Lipinski definition) is 4. The molecule has 1 aromatic heterocycles. The number of nitro groups is 1. The minimum atomic E-state index is -0.446. The van der Waals surface area contributed by atoms with Crippen LogP contribution in [0.15, 0.2) is 6.20 Å². The number of rotatable bonds is 2. The maximum atomic E-state index is 10.6. The standard InChI is InChI=1S/C9H14N4O2/c1-11-5-3-4-7(11)8-6-10-9(12(8)2)13(14)15/h6-7H,3-5H2,1-2H3. The van der Waals surface area contributed by atoms with Crippen molar-refractivity contribution in [2.24, 2.45) is 7.05 Å². The van der Waals surface area contributed by atoms with Crippen molar-refractivity contribution in [1.29, 1.82) is 0 Å². The van der Waals surface area contributed by atoms with Gasteiger partial charge in [0, 0.05) is 0 Å². The Bertz CT molecular complexity index is 387. The van der Waals surface area contributed by atoms with Crippen LogP contribution in [0.1, 0.15) is 24.6 Å². The van der Waals surface area contributed by atoms with Crippen molar-refractivity contribution in [3.63, 3.8) is 0 Å². The molecule has 15 heavy (non-hydrogen) atoms. The maximum Gasteiger partial charge on any atom is 0.434 e. The van der Waals surface area contributed by atoms with Crippen LogP contribution in [-0.2, 0) is 7.05 Å². The van der Waals surface area contributed by atoms with E-state index in [0.29, 0.717) is 0 Å². The molecule has 6 nitrogen and oxygen atoms in total. The van der Waals surface area contributed by atoms with Crippen LogP contribution >= 0.6 is 0 Å². The van der Waals surface area contributed by atoms with Gasteiger partial charge < -0.3 is 10.1 Å². The molecule has 82 valence electrons. The van der Waals surface area contributed by atoms with Crippen LogP contribution in [0.4, 0.5) is 5.95 Å². The summed E-state index contributed by atoms with van der Waals surface area (Å²) in [6.45, 7) is 1.05. The molecule has 0 aliphatic carbocycles. The van der Waals surface area contributed by atoms with Crippen LogP contribution in [0.25, 0.3) is 0 Å². The summed E-state index contributed by atoms with van der Waals surface area (Å²) in [5.74, 6) is -0.0784. The summed E-state index contributed by atoms with van der Waals surface area (Å²) in [5.41, 5.74) is 0.932. The zero-order valence-corrected chi connectivity index (χ0v) is 8.88. The van der Waals surface area contributed by atoms with Gasteiger partial charge in [0.1, 0.15) is 11.9 Å². The molecule has 2 heterocycles. The number of imidazole rings is 1. The normalized spacial score (nSPS) is 22.1. The van der Waals surface area contributed by atoms with E-state index in [1.165, 1.54) is 0 Å². The Morgan fingerprint density at radius 1 is 1.60 bits per heavy atom. The summed E-state index contributed by atoms with van der Waals surface area (Å²) < 4.78 is 1.58. The first-order valence-electron chi connectivity index (χ1n) is 4.97. The lowest BCUT2D eigenvalue weighted by atomic mass is 10.1. The highest BCUT2D eigenvalue weighted by Crippen LogP contribution is 2.31. The second-order valence-electron chi connectivity index (χ2n) is 3.94. The predicted molar refractivity (Wildman–Crippen MR) is 54.5 cm³/mol. The first-order valence-corrected chi connectivity index (χ1v) is 4.97. The largest absolute Gasteiger partial charge is 0.434 e. The van der Waals surface area contributed by atoms with Crippen LogP contribution in [0.2, 0.25) is 0 Å². The molecule has 1 aliphatic heterocycles. The van der Waals surface area contributed by atoms with Crippen molar-refractivity contribution in [2.75, 3.05) is 13.6 Å². The van der Waals surface area contributed by atoms with Gasteiger partial charge in [-0.05, 0) is 31.4 Å². The van der Waals surface area contributed by atoms with Crippen LogP contribution in [-0.4, -0.2) is 33.0 Å². The monoisotopic (exact) mass is 210 g/mol. The van der Waals surface area contributed by atoms with E-state index in [-0.39, 0.29) is 12.0 Å². The van der Waals surface area contributed by atoms with E-state index in [1.54, 1.807) is 17.8 Å². The average Bonchev–Trinajstić information content (AvgIpc) is 2.71. The van der Waals surface area contributed by atoms with Gasteiger partial charge in [0.15, 0.2) is 0 Å². The van der Waals surface area contributed by atoms with Gasteiger partial charge in [-0.15, -0.1) is 0 Å². The van der Waals surface area contributed by atoms with Crippen LogP contribution in [0.3, 0.4) is 0 Å². The Balaban J connectivity index is 2.33. The first kappa shape index (κ1) is 10.1. The first-order chi connectivity index (χ1) is 7.11. The third kappa shape index (κ3) is 1.61. The molecule has 0 radical (unpaired) electrons. The fraction of sp³-hybridized carbons (Fsp3) is 0.667. The smallest absolute Gasteiger partial charge is 0.390 e. The molecule has 1 aromatic rings. The lowest BCUT2D eigenvalue weighted by Gasteiger charge is -2.17. The van der Waals surface area contributed by atoms with Crippen LogP contribution < -0.4 is 0 Å². The summed E-state index contributed by atoms with van der Waals surface area (Å²) in [5, 5.41) is 10.6. The van der Waals surface area contributed by atoms with Gasteiger partial charge in [0.25, 0.3) is 0 Å². The Morgan fingerprint density at radius 3 is 2.80 bits per heavy atom. The van der Waals surface area contributed by atoms with Crippen molar-refractivity contribution in [1.82, 2.24) is 14.5 Å². The second-order valence-corrected chi connectivity index (χ2v) is 3.94. The fourth-order valence-corrected chi connectivity index (χ4v) is 2.18. The highest BCUT2D eigenvalue weighted by molar-refractivity contribution is 5.18. The summed E-state index contributed by atoms with van der Waals surface area (Å²) in [6, 6.07) is 0.274. The van der Waals surface area contributed by atoms with Crippen molar-refractivity contribution in [3.8, 4) is 0 Å². The Kier molecular flexibility index (Phi) is 2.44. The summed E-state index contributed by atoms with van der Waals surface area (Å²) >= 11 is 0. The van der Waals surface area contributed by atoms with Gasteiger partial charge in [0.2, 0.25) is 0 Å². The molecule has 0 N–H and O–H groups in total. The third-order valence-corrected chi connectivity index (χ3v) is 3.02. The molecular weight excluding hydrogens is 196 g/mol. The number of hydrogen-bond donors (Lipinski definition) is 0. The van der Waals surface area contributed by atoms with E-state index >= 15 is 0 Å². The molecule has 1 saturated heterocycles. The van der Waals surface area contributed by atoms with Crippen molar-refractivity contribution in [2.45, 2.75) is 18.9 Å². The minimum absolute atomic E-state index is 0.0784. The summed E-state index contributed by atoms with van der Waals surface area (Å²) in [4.78, 5) is 16.2. The Labute approximate surface area is 87.7 Å². The average molecular weight is 210 g/mol. The Hall–Kier alpha value is -1.43. The van der Waals surface area contributed by atoms with Gasteiger partial charge in [-0.1, -0.05) is 4.98 Å². The highest BCUT2D eigenvalue weighted by Gasteiger charge is 2.30. The number of nitrogens with zero attached hydrogens (tertiary/aromatic N) is 4. The lowest BCUT2D eigenvalue weighted by Crippen LogP contribution is -2.19. The van der Waals surface area contributed by atoms with E-state index in [9.17, 15) is 10.1 Å². The molecule has 0 amide bonds. The molecule has 0 aromatic carbocycles. The van der Waals surface area contributed by atoms with Crippen LogP contribution in [0, 0.1) is 10.1 Å². The van der Waals surface area contributed by atoms with Gasteiger partial charge in [-0.2, -0.15) is 0 Å². The van der Waals surface area contributed by atoms with E-state index < -0.39 is 4.92 Å². The molecule has 2 rings (SSSR count). The molecule has 0 saturated carbocycles. The number of likely N-dealkylation sites (tertiary alicyclic amines) is 1. The SMILES string of the molecule is CN1CCCC1c1cnc([N+](=O)[O-])n1C. The molecule has 1 atom stereocenters. The second kappa shape index (κ2) is 3.62. The zero-order chi connectivity index (χ0) is 11.0. The third-order valence-electron chi connectivity index (χ3n) is 3.02. The molecule has 1 fully saturated rings. The quantitative estimate of drug-likeness (QED) is 0.541. The van der Waals surface area contributed by atoms with Gasteiger partial charge in [-0.3, -0.25) is 4.90 Å². The van der Waals surface area contributed by atoms with Crippen molar-refractivity contribution < 1.29 is 4.92 Å². The fourth-order valence-electron chi connectivity index (χ4n) is 2.18. The highest BCUT2D eigenvalue weighted by atomic mass is 16.6. The maximum absolute atomic E-state index is 10.6.